The van der Waals surface area contributed by atoms with Crippen LogP contribution in [-0.2, 0) is 16.1 Å². The minimum atomic E-state index is -0.596. The molecule has 0 saturated carbocycles. The van der Waals surface area contributed by atoms with Crippen LogP contribution in [0.25, 0.3) is 11.0 Å². The van der Waals surface area contributed by atoms with Gasteiger partial charge in [-0.3, -0.25) is 0 Å². The van der Waals surface area contributed by atoms with Crippen molar-refractivity contribution >= 4 is 23.0 Å². The van der Waals surface area contributed by atoms with Crippen LogP contribution in [0.4, 0.5) is 4.79 Å². The fourth-order valence-electron chi connectivity index (χ4n) is 3.78. The van der Waals surface area contributed by atoms with Gasteiger partial charge in [-0.05, 0) is 37.1 Å². The van der Waals surface area contributed by atoms with Crippen molar-refractivity contribution in [1.82, 2.24) is 20.2 Å². The van der Waals surface area contributed by atoms with Gasteiger partial charge in [0, 0.05) is 0 Å². The Hall–Kier alpha value is -3.61. The fourth-order valence-corrected chi connectivity index (χ4v) is 3.78. The molecule has 2 amide bonds. The second-order valence-electron chi connectivity index (χ2n) is 7.14. The summed E-state index contributed by atoms with van der Waals surface area (Å²) >= 11 is 0. The third kappa shape index (κ3) is 3.47. The normalized spacial score (nSPS) is 16.5. The topological polar surface area (TPSA) is 85.2 Å². The number of para-hydroxylation sites is 2. The molecule has 1 atom stereocenters. The van der Waals surface area contributed by atoms with Gasteiger partial charge in [0.2, 0.25) is 0 Å². The molecule has 1 aliphatic heterocycles. The number of fused-ring (bicyclic) bond motifs is 1. The van der Waals surface area contributed by atoms with E-state index in [1.54, 1.807) is 6.33 Å². The van der Waals surface area contributed by atoms with Gasteiger partial charge >= 0.3 is 12.0 Å². The molecule has 2 aromatic carbocycles. The number of imidazole rings is 1. The molecule has 0 aliphatic carbocycles. The second-order valence-corrected chi connectivity index (χ2v) is 7.14. The Bertz CT molecular complexity index is 1150. The van der Waals surface area contributed by atoms with E-state index in [1.165, 1.54) is 7.11 Å². The number of allylic oxidation sites excluding steroid dienone is 1. The van der Waals surface area contributed by atoms with E-state index in [2.05, 4.69) is 15.6 Å². The first-order chi connectivity index (χ1) is 14.0. The Kier molecular flexibility index (Phi) is 4.80. The van der Waals surface area contributed by atoms with Crippen molar-refractivity contribution in [2.45, 2.75) is 26.4 Å². The summed E-state index contributed by atoms with van der Waals surface area (Å²) in [7, 11) is 1.34. The molecule has 0 bridgehead atoms. The average Bonchev–Trinajstić information content (AvgIpc) is 3.10. The number of hydrogen-bond donors (Lipinski definition) is 2. The molecular weight excluding hydrogens is 368 g/mol. The number of methoxy groups -OCH3 is 1. The van der Waals surface area contributed by atoms with Gasteiger partial charge in [-0.2, -0.15) is 0 Å². The average molecular weight is 390 g/mol. The molecule has 29 heavy (non-hydrogen) atoms. The highest BCUT2D eigenvalue weighted by molar-refractivity contribution is 5.95. The molecule has 148 valence electrons. The number of carbonyl (C=O) groups excluding carboxylic acids is 2. The van der Waals surface area contributed by atoms with Crippen LogP contribution in [0.1, 0.15) is 22.7 Å². The molecule has 2 heterocycles. The zero-order valence-corrected chi connectivity index (χ0v) is 16.5. The SMILES string of the molecule is COC(=O)C1=C(Cn2cnc3ccccc32)NC(=O)N[C@H]1c1ccc(C)cc1C. The van der Waals surface area contributed by atoms with Crippen LogP contribution >= 0.6 is 0 Å². The summed E-state index contributed by atoms with van der Waals surface area (Å²) in [4.78, 5) is 29.6. The Morgan fingerprint density at radius 1 is 1.21 bits per heavy atom. The van der Waals surface area contributed by atoms with Crippen molar-refractivity contribution < 1.29 is 14.3 Å². The fraction of sp³-hybridized carbons (Fsp3) is 0.227. The molecule has 1 aromatic heterocycles. The van der Waals surface area contributed by atoms with E-state index < -0.39 is 12.0 Å². The van der Waals surface area contributed by atoms with Crippen LogP contribution in [-0.4, -0.2) is 28.7 Å². The van der Waals surface area contributed by atoms with Crippen molar-refractivity contribution in [3.8, 4) is 0 Å². The first kappa shape index (κ1) is 18.7. The maximum Gasteiger partial charge on any atom is 0.338 e. The highest BCUT2D eigenvalue weighted by Gasteiger charge is 2.34. The Morgan fingerprint density at radius 2 is 2.00 bits per heavy atom. The summed E-state index contributed by atoms with van der Waals surface area (Å²) < 4.78 is 6.97. The number of aryl methyl sites for hydroxylation is 2. The summed E-state index contributed by atoms with van der Waals surface area (Å²) in [6.07, 6.45) is 1.70. The van der Waals surface area contributed by atoms with Crippen molar-refractivity contribution in [3.63, 3.8) is 0 Å². The van der Waals surface area contributed by atoms with Crippen molar-refractivity contribution in [3.05, 3.63) is 76.8 Å². The summed E-state index contributed by atoms with van der Waals surface area (Å²) in [5.41, 5.74) is 5.61. The van der Waals surface area contributed by atoms with Gasteiger partial charge in [0.15, 0.2) is 0 Å². The number of carbonyl (C=O) groups is 2. The Morgan fingerprint density at radius 3 is 2.76 bits per heavy atom. The van der Waals surface area contributed by atoms with Gasteiger partial charge in [0.1, 0.15) is 0 Å². The lowest BCUT2D eigenvalue weighted by Gasteiger charge is -2.30. The van der Waals surface area contributed by atoms with Crippen LogP contribution in [0, 0.1) is 13.8 Å². The van der Waals surface area contributed by atoms with Crippen LogP contribution in [0.3, 0.4) is 0 Å². The number of hydrogen-bond acceptors (Lipinski definition) is 4. The minimum Gasteiger partial charge on any atom is -0.466 e. The minimum absolute atomic E-state index is 0.291. The third-order valence-corrected chi connectivity index (χ3v) is 5.15. The van der Waals surface area contributed by atoms with E-state index in [1.807, 2.05) is 60.9 Å². The smallest absolute Gasteiger partial charge is 0.338 e. The molecule has 2 N–H and O–H groups in total. The van der Waals surface area contributed by atoms with Gasteiger partial charge in [0.05, 0.1) is 48.3 Å². The summed E-state index contributed by atoms with van der Waals surface area (Å²) in [6.45, 7) is 4.26. The number of aromatic nitrogens is 2. The first-order valence-electron chi connectivity index (χ1n) is 9.34. The largest absolute Gasteiger partial charge is 0.466 e. The highest BCUT2D eigenvalue weighted by Crippen LogP contribution is 2.31. The number of nitrogens with zero attached hydrogens (tertiary/aromatic N) is 2. The molecular formula is C22H22N4O3. The molecule has 0 saturated heterocycles. The Labute approximate surface area is 168 Å². The number of nitrogens with one attached hydrogen (secondary N) is 2. The molecule has 1 aliphatic rings. The summed E-state index contributed by atoms with van der Waals surface area (Å²) in [6, 6.07) is 12.7. The van der Waals surface area contributed by atoms with E-state index in [9.17, 15) is 9.59 Å². The molecule has 3 aromatic rings. The second kappa shape index (κ2) is 7.43. The highest BCUT2D eigenvalue weighted by atomic mass is 16.5. The van der Waals surface area contributed by atoms with E-state index in [0.29, 0.717) is 17.8 Å². The predicted molar refractivity (Wildman–Crippen MR) is 109 cm³/mol. The lowest BCUT2D eigenvalue weighted by Crippen LogP contribution is -2.47. The first-order valence-corrected chi connectivity index (χ1v) is 9.34. The number of benzene rings is 2. The zero-order valence-electron chi connectivity index (χ0n) is 16.5. The van der Waals surface area contributed by atoms with Crippen LogP contribution in [0.2, 0.25) is 0 Å². The zero-order chi connectivity index (χ0) is 20.5. The quantitative estimate of drug-likeness (QED) is 0.670. The van der Waals surface area contributed by atoms with Gasteiger partial charge in [-0.1, -0.05) is 35.9 Å². The molecule has 7 nitrogen and oxygen atoms in total. The predicted octanol–water partition coefficient (Wildman–Crippen LogP) is 3.13. The lowest BCUT2D eigenvalue weighted by molar-refractivity contribution is -0.136. The number of amides is 2. The lowest BCUT2D eigenvalue weighted by atomic mass is 9.91. The van der Waals surface area contributed by atoms with E-state index in [4.69, 9.17) is 4.74 Å². The molecule has 0 radical (unpaired) electrons. The van der Waals surface area contributed by atoms with E-state index in [0.717, 1.165) is 27.7 Å². The number of ether oxygens (including phenoxy) is 1. The molecule has 0 spiro atoms. The third-order valence-electron chi connectivity index (χ3n) is 5.15. The number of esters is 1. The standard InChI is InChI=1S/C22H22N4O3/c1-13-8-9-15(14(2)10-13)20-19(21(27)29-3)17(24-22(28)25-20)11-26-12-23-16-6-4-5-7-18(16)26/h4-10,12,20H,11H2,1-3H3,(H2,24,25,28)/t20-/m0/s1. The van der Waals surface area contributed by atoms with Gasteiger partial charge in [0.25, 0.3) is 0 Å². The van der Waals surface area contributed by atoms with Crippen molar-refractivity contribution in [1.29, 1.82) is 0 Å². The van der Waals surface area contributed by atoms with Gasteiger partial charge < -0.3 is 19.9 Å². The molecule has 0 fully saturated rings. The Balaban J connectivity index is 1.83. The van der Waals surface area contributed by atoms with Crippen LogP contribution < -0.4 is 10.6 Å². The van der Waals surface area contributed by atoms with Gasteiger partial charge in [-0.25, -0.2) is 14.6 Å². The molecule has 7 heteroatoms. The molecule has 0 unspecified atom stereocenters. The van der Waals surface area contributed by atoms with Crippen LogP contribution in [0.5, 0.6) is 0 Å². The summed E-state index contributed by atoms with van der Waals surface area (Å²) in [5.74, 6) is -0.484. The number of rotatable bonds is 4. The van der Waals surface area contributed by atoms with Gasteiger partial charge in [-0.15, -0.1) is 0 Å². The van der Waals surface area contributed by atoms with Crippen molar-refractivity contribution in [2.75, 3.05) is 7.11 Å². The van der Waals surface area contributed by atoms with Crippen LogP contribution in [0.15, 0.2) is 60.1 Å². The number of urea groups is 1. The van der Waals surface area contributed by atoms with E-state index >= 15 is 0 Å². The van der Waals surface area contributed by atoms with Crippen molar-refractivity contribution in [2.24, 2.45) is 0 Å². The maximum atomic E-state index is 12.7. The maximum absolute atomic E-state index is 12.7. The molecule has 4 rings (SSSR count). The monoisotopic (exact) mass is 390 g/mol. The summed E-state index contributed by atoms with van der Waals surface area (Å²) in [5, 5.41) is 5.67. The van der Waals surface area contributed by atoms with E-state index in [-0.39, 0.29) is 6.03 Å².